The van der Waals surface area contributed by atoms with Crippen LogP contribution in [0.2, 0.25) is 0 Å². The van der Waals surface area contributed by atoms with Crippen molar-refractivity contribution in [3.63, 3.8) is 0 Å². The van der Waals surface area contributed by atoms with Crippen molar-refractivity contribution in [1.29, 1.82) is 0 Å². The Morgan fingerprint density at radius 3 is 1.87 bits per heavy atom. The average Bonchev–Trinajstić information content (AvgIpc) is 2.27. The van der Waals surface area contributed by atoms with Crippen LogP contribution in [0.3, 0.4) is 0 Å². The molecule has 4 rings (SSSR count). The van der Waals surface area contributed by atoms with Crippen molar-refractivity contribution in [2.45, 2.75) is 226 Å². The molecular weight excluding hydrogens is 1180 g/mol. The van der Waals surface area contributed by atoms with E-state index < -0.39 is 78.4 Å². The van der Waals surface area contributed by atoms with Gasteiger partial charge in [-0.05, 0) is 126 Å². The molecular formula is C70H106N6O10S3. The SMILES string of the molecule is CCCCCCCCCCCCCCCC(=O)SC[C@H](NC(=O)OCC1c2ccccc2-c2ccccc21)C(=O)N[C@@H](CCSC)C(=O)NCC(=O)N[C@@H](CC(C)C)C(=O)N1CCC[C@H]1C(=O)N[C@@H](CSC/C=C(\C)CC/C=C(\C)CCC=C(C)C)C(=O)O. The van der Waals surface area contributed by atoms with Crippen LogP contribution in [-0.2, 0) is 38.3 Å². The fourth-order valence-electron chi connectivity index (χ4n) is 11.2. The molecule has 2 aromatic carbocycles. The first-order chi connectivity index (χ1) is 42.8. The van der Waals surface area contributed by atoms with Gasteiger partial charge in [0, 0.05) is 36.1 Å². The van der Waals surface area contributed by atoms with E-state index in [2.05, 4.69) is 79.4 Å². The molecule has 1 saturated heterocycles. The summed E-state index contributed by atoms with van der Waals surface area (Å²) >= 11 is 3.81. The number of carboxylic acids is 1. The lowest BCUT2D eigenvalue weighted by atomic mass is 9.98. The Labute approximate surface area is 545 Å². The molecule has 6 amide bonds. The van der Waals surface area contributed by atoms with E-state index in [1.54, 1.807) is 0 Å². The summed E-state index contributed by atoms with van der Waals surface area (Å²) in [6, 6.07) is 10.3. The highest BCUT2D eigenvalue weighted by Gasteiger charge is 2.39. The molecule has 1 aliphatic heterocycles. The van der Waals surface area contributed by atoms with E-state index in [0.717, 1.165) is 85.4 Å². The lowest BCUT2D eigenvalue weighted by Crippen LogP contribution is -2.57. The van der Waals surface area contributed by atoms with E-state index in [1.165, 1.54) is 103 Å². The molecule has 0 aromatic heterocycles. The maximum absolute atomic E-state index is 14.3. The molecule has 89 heavy (non-hydrogen) atoms. The van der Waals surface area contributed by atoms with Crippen molar-refractivity contribution >= 4 is 82.0 Å². The van der Waals surface area contributed by atoms with Crippen LogP contribution in [0.15, 0.2) is 83.5 Å². The molecule has 5 atom stereocenters. The van der Waals surface area contributed by atoms with Gasteiger partial charge in [-0.2, -0.15) is 23.5 Å². The number of ether oxygens (including phenoxy) is 1. The summed E-state index contributed by atoms with van der Waals surface area (Å²) in [5.74, 6) is -3.52. The van der Waals surface area contributed by atoms with E-state index in [-0.39, 0.29) is 54.5 Å². The number of nitrogens with one attached hydrogen (secondary N) is 5. The smallest absolute Gasteiger partial charge is 0.407 e. The van der Waals surface area contributed by atoms with Gasteiger partial charge in [-0.15, -0.1) is 0 Å². The molecule has 2 aliphatic rings. The Balaban J connectivity index is 1.34. The summed E-state index contributed by atoms with van der Waals surface area (Å²) in [4.78, 5) is 111. The molecule has 19 heteroatoms. The number of carboxylic acid groups (broad SMARTS) is 1. The number of hydrogen-bond donors (Lipinski definition) is 6. The van der Waals surface area contributed by atoms with Gasteiger partial charge in [0.05, 0.1) is 6.54 Å². The Kier molecular flexibility index (Phi) is 36.9. The maximum Gasteiger partial charge on any atom is 0.407 e. The number of benzene rings is 2. The number of thioether (sulfide) groups is 3. The van der Waals surface area contributed by atoms with Crippen LogP contribution in [-0.4, -0.2) is 136 Å². The van der Waals surface area contributed by atoms with Gasteiger partial charge < -0.3 is 41.3 Å². The van der Waals surface area contributed by atoms with Gasteiger partial charge in [-0.25, -0.2) is 9.59 Å². The number of carbonyl (C=O) groups is 8. The van der Waals surface area contributed by atoms with Crippen LogP contribution >= 0.6 is 35.3 Å². The monoisotopic (exact) mass is 1290 g/mol. The van der Waals surface area contributed by atoms with Crippen molar-refractivity contribution in [3.05, 3.63) is 94.6 Å². The van der Waals surface area contributed by atoms with Crippen LogP contribution in [0.1, 0.15) is 207 Å². The standard InChI is InChI=1S/C70H106N6O10S3/c1-9-10-11-12-13-14-15-16-17-18-19-20-21-38-64(78)89-48-60(75-70(85)86-46-57-55-35-24-22-33-53(55)54-34-23-25-36-56(54)57)66(80)73-58(40-42-87-8)65(79)71-45-63(77)72-59(44-50(4)5)68(82)76-41-28-37-62(76)67(81)74-61(69(83)84)47-88-43-39-52(7)32-27-31-51(6)30-26-29-49(2)3/h22-25,29,31,33-36,39,50,57-62H,9-21,26-28,30,32,37-38,40-48H2,1-8H3,(H,71,79)(H,72,77)(H,73,80)(H,74,81)(H,75,85)(H,83,84)/b51-31+,52-39+/t58-,59-,60-,61-,62-/m0/s1. The molecule has 1 fully saturated rings. The molecule has 2 aromatic rings. The fourth-order valence-corrected chi connectivity index (χ4v) is 13.5. The van der Waals surface area contributed by atoms with Gasteiger partial charge in [0.15, 0.2) is 5.12 Å². The minimum atomic E-state index is -1.26. The largest absolute Gasteiger partial charge is 0.480 e. The van der Waals surface area contributed by atoms with Gasteiger partial charge in [-0.1, -0.05) is 193 Å². The summed E-state index contributed by atoms with van der Waals surface area (Å²) in [5, 5.41) is 23.5. The highest BCUT2D eigenvalue weighted by Crippen LogP contribution is 2.44. The van der Waals surface area contributed by atoms with Crippen LogP contribution < -0.4 is 26.6 Å². The van der Waals surface area contributed by atoms with Crippen LogP contribution in [0.5, 0.6) is 0 Å². The molecule has 16 nitrogen and oxygen atoms in total. The van der Waals surface area contributed by atoms with Crippen molar-refractivity contribution in [2.24, 2.45) is 5.92 Å². The molecule has 494 valence electrons. The number of nitrogens with zero attached hydrogens (tertiary/aromatic N) is 1. The zero-order chi connectivity index (χ0) is 64.9. The summed E-state index contributed by atoms with van der Waals surface area (Å²) in [7, 11) is 0. The number of amides is 6. The van der Waals surface area contributed by atoms with Gasteiger partial charge in [-0.3, -0.25) is 28.8 Å². The molecule has 1 heterocycles. The first-order valence-corrected chi connectivity index (χ1v) is 36.4. The number of alkyl carbamates (subject to hydrolysis) is 1. The maximum atomic E-state index is 14.3. The van der Waals surface area contributed by atoms with Crippen molar-refractivity contribution < 1.29 is 48.2 Å². The zero-order valence-corrected chi connectivity index (χ0v) is 57.1. The van der Waals surface area contributed by atoms with Crippen LogP contribution in [0.25, 0.3) is 11.1 Å². The van der Waals surface area contributed by atoms with E-state index in [0.29, 0.717) is 30.8 Å². The highest BCUT2D eigenvalue weighted by atomic mass is 32.2. The van der Waals surface area contributed by atoms with E-state index in [9.17, 15) is 43.5 Å². The quantitative estimate of drug-likeness (QED) is 0.0268. The normalized spacial score (nSPS) is 15.3. The molecule has 0 unspecified atom stereocenters. The Morgan fingerprint density at radius 1 is 0.674 bits per heavy atom. The number of rotatable bonds is 44. The third-order valence-electron chi connectivity index (χ3n) is 16.3. The lowest BCUT2D eigenvalue weighted by Gasteiger charge is -2.30. The third-order valence-corrected chi connectivity index (χ3v) is 18.9. The van der Waals surface area contributed by atoms with Crippen LogP contribution in [0, 0.1) is 5.92 Å². The second-order valence-corrected chi connectivity index (χ2v) is 27.7. The fraction of sp³-hybridized carbons (Fsp3) is 0.629. The zero-order valence-electron chi connectivity index (χ0n) is 54.7. The minimum Gasteiger partial charge on any atom is -0.480 e. The second kappa shape index (κ2) is 43.3. The number of hydrogen-bond acceptors (Lipinski definition) is 12. The predicted octanol–water partition coefficient (Wildman–Crippen LogP) is 13.2. The highest BCUT2D eigenvalue weighted by molar-refractivity contribution is 8.13. The third kappa shape index (κ3) is 29.1. The molecule has 0 saturated carbocycles. The molecule has 0 radical (unpaired) electrons. The Morgan fingerprint density at radius 2 is 1.27 bits per heavy atom. The van der Waals surface area contributed by atoms with E-state index >= 15 is 0 Å². The van der Waals surface area contributed by atoms with E-state index in [4.69, 9.17) is 4.74 Å². The molecule has 0 spiro atoms. The average molecular weight is 1290 g/mol. The predicted molar refractivity (Wildman–Crippen MR) is 366 cm³/mol. The number of fused-ring (bicyclic) bond motifs is 3. The first-order valence-electron chi connectivity index (χ1n) is 32.8. The Bertz CT molecular complexity index is 2610. The van der Waals surface area contributed by atoms with Crippen molar-refractivity contribution in [1.82, 2.24) is 31.5 Å². The Hall–Kier alpha value is -5.53. The van der Waals surface area contributed by atoms with Gasteiger partial charge in [0.1, 0.15) is 36.8 Å². The first kappa shape index (κ1) is 75.9. The second-order valence-electron chi connectivity index (χ2n) is 24.6. The van der Waals surface area contributed by atoms with E-state index in [1.807, 2.05) is 68.6 Å². The summed E-state index contributed by atoms with van der Waals surface area (Å²) in [5.41, 5.74) is 8.04. The van der Waals surface area contributed by atoms with Gasteiger partial charge in [0.25, 0.3) is 0 Å². The topological polar surface area (TPSA) is 229 Å². The molecule has 6 N–H and O–H groups in total. The van der Waals surface area contributed by atoms with Gasteiger partial charge in [0.2, 0.25) is 29.5 Å². The van der Waals surface area contributed by atoms with Crippen molar-refractivity contribution in [2.75, 3.05) is 49.0 Å². The summed E-state index contributed by atoms with van der Waals surface area (Å²) in [6.07, 6.45) is 28.4. The number of carbonyl (C=O) groups excluding carboxylic acids is 7. The summed E-state index contributed by atoms with van der Waals surface area (Å²) in [6.45, 7) is 14.1. The minimum absolute atomic E-state index is 0.000582. The van der Waals surface area contributed by atoms with Crippen LogP contribution in [0.4, 0.5) is 4.79 Å². The number of aliphatic carboxylic acids is 1. The summed E-state index contributed by atoms with van der Waals surface area (Å²) < 4.78 is 5.83. The van der Waals surface area contributed by atoms with Crippen molar-refractivity contribution in [3.8, 4) is 11.1 Å². The molecule has 0 bridgehead atoms. The number of allylic oxidation sites excluding steroid dienone is 5. The lowest BCUT2D eigenvalue weighted by molar-refractivity contribution is -0.144. The number of unbranched alkanes of at least 4 members (excludes halogenated alkanes) is 12. The molecule has 1 aliphatic carbocycles. The number of likely N-dealkylation sites (tertiary alicyclic amines) is 1. The van der Waals surface area contributed by atoms with Gasteiger partial charge >= 0.3 is 12.1 Å².